The van der Waals surface area contributed by atoms with Crippen LogP contribution >= 0.6 is 12.4 Å². The van der Waals surface area contributed by atoms with Gasteiger partial charge in [-0.15, -0.1) is 12.4 Å². The molecular formula is C13H22ClN3O4S. The number of nitrogens with two attached hydrogens (primary N) is 1. The summed E-state index contributed by atoms with van der Waals surface area (Å²) in [6.07, 6.45) is 0.645. The molecule has 9 heteroatoms. The van der Waals surface area contributed by atoms with Crippen LogP contribution in [0.4, 0.5) is 0 Å². The van der Waals surface area contributed by atoms with Gasteiger partial charge in [0, 0.05) is 30.4 Å². The van der Waals surface area contributed by atoms with Gasteiger partial charge >= 0.3 is 5.97 Å². The number of H-pyrrole nitrogens is 1. The number of ether oxygens (including phenoxy) is 1. The SMILES string of the molecule is CCOC(=O)c1[nH]c(C)c(S(=O)(=O)N2CCC(N)C2)c1C.Cl. The molecular weight excluding hydrogens is 330 g/mol. The summed E-state index contributed by atoms with van der Waals surface area (Å²) >= 11 is 0. The molecule has 1 fully saturated rings. The van der Waals surface area contributed by atoms with E-state index in [9.17, 15) is 13.2 Å². The molecule has 1 aliphatic heterocycles. The molecule has 0 spiro atoms. The molecule has 22 heavy (non-hydrogen) atoms. The van der Waals surface area contributed by atoms with Crippen LogP contribution < -0.4 is 5.73 Å². The minimum Gasteiger partial charge on any atom is -0.461 e. The highest BCUT2D eigenvalue weighted by molar-refractivity contribution is 7.89. The van der Waals surface area contributed by atoms with Crippen molar-refractivity contribution in [2.45, 2.75) is 38.1 Å². The van der Waals surface area contributed by atoms with Gasteiger partial charge in [-0.25, -0.2) is 13.2 Å². The number of halogens is 1. The summed E-state index contributed by atoms with van der Waals surface area (Å²) in [5, 5.41) is 0. The molecule has 1 aliphatic rings. The normalized spacial score (nSPS) is 19.0. The zero-order valence-corrected chi connectivity index (χ0v) is 14.5. The average molecular weight is 352 g/mol. The minimum absolute atomic E-state index is 0. The summed E-state index contributed by atoms with van der Waals surface area (Å²) in [5.41, 5.74) is 6.81. The maximum atomic E-state index is 12.7. The third kappa shape index (κ3) is 3.29. The van der Waals surface area contributed by atoms with E-state index >= 15 is 0 Å². The van der Waals surface area contributed by atoms with Crippen molar-refractivity contribution < 1.29 is 17.9 Å². The van der Waals surface area contributed by atoms with Crippen LogP contribution in [0.5, 0.6) is 0 Å². The fourth-order valence-corrected chi connectivity index (χ4v) is 4.55. The molecule has 0 aliphatic carbocycles. The molecule has 1 atom stereocenters. The number of sulfonamides is 1. The fourth-order valence-electron chi connectivity index (χ4n) is 2.63. The molecule has 0 amide bonds. The standard InChI is InChI=1S/C13H21N3O4S.ClH/c1-4-20-13(17)11-8(2)12(9(3)15-11)21(18,19)16-6-5-10(14)7-16;/h10,15H,4-7,14H2,1-3H3;1H. The Morgan fingerprint density at radius 3 is 2.59 bits per heavy atom. The van der Waals surface area contributed by atoms with Crippen LogP contribution in [0.3, 0.4) is 0 Å². The van der Waals surface area contributed by atoms with Gasteiger partial charge in [-0.3, -0.25) is 0 Å². The van der Waals surface area contributed by atoms with Crippen molar-refractivity contribution in [2.24, 2.45) is 5.73 Å². The zero-order valence-electron chi connectivity index (χ0n) is 12.9. The van der Waals surface area contributed by atoms with Gasteiger partial charge < -0.3 is 15.5 Å². The van der Waals surface area contributed by atoms with Crippen LogP contribution in [0.2, 0.25) is 0 Å². The summed E-state index contributed by atoms with van der Waals surface area (Å²) < 4.78 is 31.7. The molecule has 1 aromatic heterocycles. The number of carbonyl (C=O) groups excluding carboxylic acids is 1. The smallest absolute Gasteiger partial charge is 0.355 e. The Labute approximate surface area is 136 Å². The van der Waals surface area contributed by atoms with Gasteiger partial charge in [0.25, 0.3) is 0 Å². The number of aryl methyl sites for hydroxylation is 1. The van der Waals surface area contributed by atoms with Crippen LogP contribution in [-0.2, 0) is 14.8 Å². The Bertz CT molecular complexity index is 656. The number of carbonyl (C=O) groups is 1. The second-order valence-corrected chi connectivity index (χ2v) is 7.09. The third-order valence-electron chi connectivity index (χ3n) is 3.63. The van der Waals surface area contributed by atoms with Gasteiger partial charge in [0.2, 0.25) is 10.0 Å². The summed E-state index contributed by atoms with van der Waals surface area (Å²) in [6, 6.07) is -0.135. The number of aromatic nitrogens is 1. The molecule has 126 valence electrons. The van der Waals surface area contributed by atoms with E-state index in [0.717, 1.165) is 0 Å². The van der Waals surface area contributed by atoms with E-state index in [1.807, 2.05) is 0 Å². The van der Waals surface area contributed by atoms with Crippen molar-refractivity contribution in [2.75, 3.05) is 19.7 Å². The van der Waals surface area contributed by atoms with E-state index in [1.54, 1.807) is 20.8 Å². The molecule has 7 nitrogen and oxygen atoms in total. The number of esters is 1. The monoisotopic (exact) mass is 351 g/mol. The second kappa shape index (κ2) is 6.99. The second-order valence-electron chi connectivity index (χ2n) is 5.21. The predicted octanol–water partition coefficient (Wildman–Crippen LogP) is 0.952. The van der Waals surface area contributed by atoms with E-state index in [-0.39, 0.29) is 35.6 Å². The Balaban J connectivity index is 0.00000242. The third-order valence-corrected chi connectivity index (χ3v) is 5.77. The predicted molar refractivity (Wildman–Crippen MR) is 84.8 cm³/mol. The Hall–Kier alpha value is -1.09. The lowest BCUT2D eigenvalue weighted by Gasteiger charge is -2.16. The van der Waals surface area contributed by atoms with Gasteiger partial charge in [0.1, 0.15) is 10.6 Å². The van der Waals surface area contributed by atoms with Crippen LogP contribution in [-0.4, -0.2) is 49.4 Å². The summed E-state index contributed by atoms with van der Waals surface area (Å²) in [7, 11) is -3.65. The Morgan fingerprint density at radius 1 is 1.45 bits per heavy atom. The Morgan fingerprint density at radius 2 is 2.09 bits per heavy atom. The van der Waals surface area contributed by atoms with Crippen LogP contribution in [0.1, 0.15) is 35.1 Å². The number of hydrogen-bond acceptors (Lipinski definition) is 5. The van der Waals surface area contributed by atoms with Crippen molar-refractivity contribution in [1.29, 1.82) is 0 Å². The molecule has 0 saturated carbocycles. The number of nitrogens with zero attached hydrogens (tertiary/aromatic N) is 1. The van der Waals surface area contributed by atoms with Gasteiger partial charge in [0.05, 0.1) is 6.61 Å². The molecule has 0 bridgehead atoms. The number of aromatic amines is 1. The number of hydrogen-bond donors (Lipinski definition) is 2. The molecule has 1 saturated heterocycles. The number of rotatable bonds is 4. The summed E-state index contributed by atoms with van der Waals surface area (Å²) in [4.78, 5) is 14.8. The zero-order chi connectivity index (χ0) is 15.8. The lowest BCUT2D eigenvalue weighted by atomic mass is 10.2. The first-order chi connectivity index (χ1) is 9.78. The van der Waals surface area contributed by atoms with Crippen LogP contribution in [0.25, 0.3) is 0 Å². The fraction of sp³-hybridized carbons (Fsp3) is 0.615. The molecule has 1 unspecified atom stereocenters. The van der Waals surface area contributed by atoms with Crippen LogP contribution in [0.15, 0.2) is 4.90 Å². The molecule has 0 aromatic carbocycles. The highest BCUT2D eigenvalue weighted by atomic mass is 35.5. The van der Waals surface area contributed by atoms with E-state index < -0.39 is 16.0 Å². The van der Waals surface area contributed by atoms with Gasteiger partial charge in [-0.2, -0.15) is 4.31 Å². The highest BCUT2D eigenvalue weighted by Crippen LogP contribution is 2.28. The largest absolute Gasteiger partial charge is 0.461 e. The van der Waals surface area contributed by atoms with Gasteiger partial charge in [-0.05, 0) is 27.2 Å². The van der Waals surface area contributed by atoms with Crippen molar-refractivity contribution in [3.8, 4) is 0 Å². The van der Waals surface area contributed by atoms with E-state index in [2.05, 4.69) is 4.98 Å². The average Bonchev–Trinajstić information content (AvgIpc) is 2.94. The van der Waals surface area contributed by atoms with Crippen molar-refractivity contribution in [1.82, 2.24) is 9.29 Å². The molecule has 3 N–H and O–H groups in total. The first-order valence-electron chi connectivity index (χ1n) is 6.91. The summed E-state index contributed by atoms with van der Waals surface area (Å²) in [6.45, 7) is 5.90. The van der Waals surface area contributed by atoms with Crippen LogP contribution in [0, 0.1) is 13.8 Å². The van der Waals surface area contributed by atoms with E-state index in [0.29, 0.717) is 30.8 Å². The summed E-state index contributed by atoms with van der Waals surface area (Å²) in [5.74, 6) is -0.544. The van der Waals surface area contributed by atoms with Gasteiger partial charge in [0.15, 0.2) is 0 Å². The molecule has 0 radical (unpaired) electrons. The van der Waals surface area contributed by atoms with E-state index in [4.69, 9.17) is 10.5 Å². The Kier molecular flexibility index (Phi) is 6.03. The van der Waals surface area contributed by atoms with E-state index in [1.165, 1.54) is 4.31 Å². The maximum absolute atomic E-state index is 12.7. The van der Waals surface area contributed by atoms with Crippen molar-refractivity contribution in [3.63, 3.8) is 0 Å². The lowest BCUT2D eigenvalue weighted by molar-refractivity contribution is 0.0519. The van der Waals surface area contributed by atoms with Crippen molar-refractivity contribution in [3.05, 3.63) is 17.0 Å². The maximum Gasteiger partial charge on any atom is 0.355 e. The first kappa shape index (κ1) is 19.0. The lowest BCUT2D eigenvalue weighted by Crippen LogP contribution is -2.32. The molecule has 1 aromatic rings. The highest BCUT2D eigenvalue weighted by Gasteiger charge is 2.35. The van der Waals surface area contributed by atoms with Gasteiger partial charge in [-0.1, -0.05) is 0 Å². The molecule has 2 heterocycles. The topological polar surface area (TPSA) is 105 Å². The quantitative estimate of drug-likeness (QED) is 0.786. The molecule has 2 rings (SSSR count). The van der Waals surface area contributed by atoms with Crippen molar-refractivity contribution >= 4 is 28.4 Å². The number of nitrogens with one attached hydrogen (secondary N) is 1. The first-order valence-corrected chi connectivity index (χ1v) is 8.35. The minimum atomic E-state index is -3.65.